The van der Waals surface area contributed by atoms with Crippen molar-refractivity contribution in [2.24, 2.45) is 7.05 Å². The summed E-state index contributed by atoms with van der Waals surface area (Å²) in [5, 5.41) is 20.3. The molecule has 1 heterocycles. The molecule has 1 aromatic carbocycles. The van der Waals surface area contributed by atoms with Crippen molar-refractivity contribution in [3.63, 3.8) is 0 Å². The van der Waals surface area contributed by atoms with E-state index in [4.69, 9.17) is 0 Å². The predicted molar refractivity (Wildman–Crippen MR) is 59.8 cm³/mol. The smallest absolute Gasteiger partial charge is 0.176 e. The Hall–Kier alpha value is -1.77. The molecule has 0 amide bonds. The van der Waals surface area contributed by atoms with Crippen LogP contribution in [-0.2, 0) is 7.05 Å². The highest BCUT2D eigenvalue weighted by atomic mass is 16.3. The van der Waals surface area contributed by atoms with Crippen molar-refractivity contribution < 1.29 is 14.8 Å². The lowest BCUT2D eigenvalue weighted by Crippen LogP contribution is -2.25. The van der Waals surface area contributed by atoms with E-state index in [1.165, 1.54) is 0 Å². The molecule has 0 radical (unpaired) electrons. The molecule has 0 saturated heterocycles. The summed E-state index contributed by atoms with van der Waals surface area (Å²) in [5.74, 6) is -0.167. The minimum Gasteiger partial charge on any atom is -0.504 e. The van der Waals surface area contributed by atoms with Crippen molar-refractivity contribution in [3.8, 4) is 11.5 Å². The molecule has 0 bridgehead atoms. The third kappa shape index (κ3) is 2.37. The first-order chi connectivity index (χ1) is 7.16. The molecule has 0 aliphatic rings. The van der Waals surface area contributed by atoms with Crippen LogP contribution in [0.15, 0.2) is 30.6 Å². The van der Waals surface area contributed by atoms with Crippen LogP contribution in [0.4, 0.5) is 0 Å². The zero-order chi connectivity index (χ0) is 11.4. The molecule has 0 fully saturated rings. The van der Waals surface area contributed by atoms with Gasteiger partial charge in [0.05, 0.1) is 0 Å². The minimum atomic E-state index is -0.0845. The number of fused-ring (bicyclic) bond motifs is 1. The SMILES string of the molecule is CC.C[n+]1ccc2cc(O)c(O)cc2c1. The summed E-state index contributed by atoms with van der Waals surface area (Å²) < 4.78 is 1.89. The van der Waals surface area contributed by atoms with Gasteiger partial charge in [-0.1, -0.05) is 13.8 Å². The standard InChI is InChI=1S/C10H9NO2.C2H6/c1-11-3-2-7-4-9(12)10(13)5-8(7)6-11;1-2/h2-6,13H,1H3;1-2H3/p+1. The number of aromatic nitrogens is 1. The van der Waals surface area contributed by atoms with E-state index in [1.807, 2.05) is 43.9 Å². The number of hydrogen-bond donors (Lipinski definition) is 2. The van der Waals surface area contributed by atoms with Crippen molar-refractivity contribution in [2.75, 3.05) is 0 Å². The van der Waals surface area contributed by atoms with Gasteiger partial charge in [0, 0.05) is 11.5 Å². The van der Waals surface area contributed by atoms with Gasteiger partial charge in [0.15, 0.2) is 23.9 Å². The quantitative estimate of drug-likeness (QED) is 0.512. The number of rotatable bonds is 0. The number of phenolic OH excluding ortho intramolecular Hbond substituents is 2. The Morgan fingerprint density at radius 3 is 2.13 bits per heavy atom. The molecule has 1 aromatic heterocycles. The number of aromatic hydroxyl groups is 2. The molecule has 15 heavy (non-hydrogen) atoms. The second-order valence-electron chi connectivity index (χ2n) is 3.08. The minimum absolute atomic E-state index is 0.0821. The topological polar surface area (TPSA) is 44.3 Å². The molecular weight excluding hydrogens is 190 g/mol. The summed E-state index contributed by atoms with van der Waals surface area (Å²) in [6.07, 6.45) is 3.77. The molecule has 0 unspecified atom stereocenters. The van der Waals surface area contributed by atoms with E-state index in [0.29, 0.717) is 0 Å². The van der Waals surface area contributed by atoms with Crippen LogP contribution in [0.2, 0.25) is 0 Å². The average molecular weight is 206 g/mol. The first-order valence-electron chi connectivity index (χ1n) is 4.98. The number of pyridine rings is 1. The zero-order valence-corrected chi connectivity index (χ0v) is 9.23. The monoisotopic (exact) mass is 206 g/mol. The van der Waals surface area contributed by atoms with Crippen LogP contribution in [0.1, 0.15) is 13.8 Å². The van der Waals surface area contributed by atoms with Gasteiger partial charge in [0.25, 0.3) is 0 Å². The van der Waals surface area contributed by atoms with E-state index in [0.717, 1.165) is 10.8 Å². The van der Waals surface area contributed by atoms with Gasteiger partial charge in [-0.25, -0.2) is 4.57 Å². The van der Waals surface area contributed by atoms with Gasteiger partial charge in [0.1, 0.15) is 7.05 Å². The highest BCUT2D eigenvalue weighted by Gasteiger charge is 2.04. The van der Waals surface area contributed by atoms with Crippen LogP contribution in [0, 0.1) is 0 Å². The van der Waals surface area contributed by atoms with E-state index in [2.05, 4.69) is 0 Å². The Balaban J connectivity index is 0.000000531. The summed E-state index contributed by atoms with van der Waals surface area (Å²) in [6.45, 7) is 4.00. The zero-order valence-electron chi connectivity index (χ0n) is 9.23. The second kappa shape index (κ2) is 4.64. The fraction of sp³-hybridized carbons (Fsp3) is 0.250. The summed E-state index contributed by atoms with van der Waals surface area (Å²) in [7, 11) is 1.91. The lowest BCUT2D eigenvalue weighted by Gasteiger charge is -1.99. The van der Waals surface area contributed by atoms with Gasteiger partial charge in [-0.2, -0.15) is 0 Å². The van der Waals surface area contributed by atoms with Crippen LogP contribution in [0.3, 0.4) is 0 Å². The normalized spacial score (nSPS) is 9.53. The summed E-state index contributed by atoms with van der Waals surface area (Å²) in [4.78, 5) is 0. The Labute approximate surface area is 89.2 Å². The third-order valence-electron chi connectivity index (χ3n) is 2.01. The summed E-state index contributed by atoms with van der Waals surface area (Å²) in [6, 6.07) is 4.98. The Bertz CT molecular complexity index is 466. The average Bonchev–Trinajstić information content (AvgIpc) is 2.23. The summed E-state index contributed by atoms with van der Waals surface area (Å²) >= 11 is 0. The van der Waals surface area contributed by atoms with Gasteiger partial charge >= 0.3 is 0 Å². The molecule has 3 heteroatoms. The first-order valence-corrected chi connectivity index (χ1v) is 4.98. The Morgan fingerprint density at radius 2 is 1.53 bits per heavy atom. The molecule has 3 nitrogen and oxygen atoms in total. The van der Waals surface area contributed by atoms with Crippen LogP contribution in [-0.4, -0.2) is 10.2 Å². The van der Waals surface area contributed by atoms with Crippen LogP contribution >= 0.6 is 0 Å². The second-order valence-corrected chi connectivity index (χ2v) is 3.08. The maximum Gasteiger partial charge on any atom is 0.176 e. The molecule has 0 atom stereocenters. The largest absolute Gasteiger partial charge is 0.504 e. The van der Waals surface area contributed by atoms with Gasteiger partial charge in [0.2, 0.25) is 0 Å². The van der Waals surface area contributed by atoms with Crippen molar-refractivity contribution >= 4 is 10.8 Å². The molecule has 2 aromatic rings. The molecule has 2 rings (SSSR count). The van der Waals surface area contributed by atoms with E-state index in [-0.39, 0.29) is 11.5 Å². The fourth-order valence-electron chi connectivity index (χ4n) is 1.33. The van der Waals surface area contributed by atoms with E-state index >= 15 is 0 Å². The van der Waals surface area contributed by atoms with Gasteiger partial charge in [-0.05, 0) is 17.5 Å². The molecule has 0 spiro atoms. The van der Waals surface area contributed by atoms with Crippen molar-refractivity contribution in [2.45, 2.75) is 13.8 Å². The van der Waals surface area contributed by atoms with Crippen LogP contribution in [0.25, 0.3) is 10.8 Å². The number of nitrogens with zero attached hydrogens (tertiary/aromatic N) is 1. The number of aryl methyl sites for hydroxylation is 1. The highest BCUT2D eigenvalue weighted by molar-refractivity contribution is 5.84. The molecule has 80 valence electrons. The number of phenols is 2. The Kier molecular flexibility index (Phi) is 3.50. The van der Waals surface area contributed by atoms with Gasteiger partial charge < -0.3 is 10.2 Å². The molecular formula is C12H16NO2+. The van der Waals surface area contributed by atoms with E-state index in [1.54, 1.807) is 12.1 Å². The van der Waals surface area contributed by atoms with Crippen LogP contribution < -0.4 is 4.57 Å². The third-order valence-corrected chi connectivity index (χ3v) is 2.01. The summed E-state index contributed by atoms with van der Waals surface area (Å²) in [5.41, 5.74) is 0. The van der Waals surface area contributed by atoms with Gasteiger partial charge in [-0.3, -0.25) is 0 Å². The number of hydrogen-bond acceptors (Lipinski definition) is 2. The maximum absolute atomic E-state index is 9.25. The van der Waals surface area contributed by atoms with E-state index < -0.39 is 0 Å². The lowest BCUT2D eigenvalue weighted by molar-refractivity contribution is -0.670. The predicted octanol–water partition coefficient (Wildman–Crippen LogP) is 2.10. The number of benzene rings is 1. The first kappa shape index (κ1) is 11.3. The molecule has 0 aliphatic carbocycles. The van der Waals surface area contributed by atoms with E-state index in [9.17, 15) is 10.2 Å². The molecule has 2 N–H and O–H groups in total. The van der Waals surface area contributed by atoms with Crippen LogP contribution in [0.5, 0.6) is 11.5 Å². The van der Waals surface area contributed by atoms with Crippen molar-refractivity contribution in [3.05, 3.63) is 30.6 Å². The van der Waals surface area contributed by atoms with Crippen molar-refractivity contribution in [1.82, 2.24) is 0 Å². The fourth-order valence-corrected chi connectivity index (χ4v) is 1.33. The molecule has 0 saturated carbocycles. The maximum atomic E-state index is 9.25. The highest BCUT2D eigenvalue weighted by Crippen LogP contribution is 2.28. The van der Waals surface area contributed by atoms with Gasteiger partial charge in [-0.15, -0.1) is 0 Å². The molecule has 0 aliphatic heterocycles. The van der Waals surface area contributed by atoms with Crippen molar-refractivity contribution in [1.29, 1.82) is 0 Å². The lowest BCUT2D eigenvalue weighted by atomic mass is 10.1. The Morgan fingerprint density at radius 1 is 1.00 bits per heavy atom.